The normalized spacial score (nSPS) is 13.5. The summed E-state index contributed by atoms with van der Waals surface area (Å²) in [6.45, 7) is 0.529. The largest absolute Gasteiger partial charge is 0.480 e. The molecule has 1 aromatic carbocycles. The Morgan fingerprint density at radius 2 is 1.81 bits per heavy atom. The molecule has 5 rings (SSSR count). The van der Waals surface area contributed by atoms with Gasteiger partial charge in [-0.05, 0) is 23.8 Å². The van der Waals surface area contributed by atoms with Gasteiger partial charge in [0.2, 0.25) is 5.88 Å². The highest BCUT2D eigenvalue weighted by Gasteiger charge is 2.27. The first-order chi connectivity index (χ1) is 17.8. The number of methoxy groups -OCH3 is 1. The third-order valence-electron chi connectivity index (χ3n) is 5.49. The second-order valence-electron chi connectivity index (χ2n) is 7.85. The average Bonchev–Trinajstić information content (AvgIpc) is 2.87. The lowest BCUT2D eigenvalue weighted by Crippen LogP contribution is -2.17. The lowest BCUT2D eigenvalue weighted by atomic mass is 10.0. The monoisotopic (exact) mass is 526 g/mol. The smallest absolute Gasteiger partial charge is 0.267 e. The number of ether oxygens (including phenoxy) is 1. The molecule has 1 N–H and O–H groups in total. The van der Waals surface area contributed by atoms with Crippen LogP contribution in [-0.2, 0) is 10.0 Å². The number of anilines is 1. The van der Waals surface area contributed by atoms with Crippen LogP contribution < -0.4 is 9.46 Å². The molecule has 0 unspecified atom stereocenters. The maximum atomic E-state index is 14.2. The SMILES string of the molecule is COc1ncc(-c2ccc3ncnc(C4=CCN=CC4)c3n2)cc1NS(=O)(=O)c1c(F)cc(F)cc1F. The van der Waals surface area contributed by atoms with E-state index in [0.717, 1.165) is 5.57 Å². The molecule has 0 aliphatic carbocycles. The van der Waals surface area contributed by atoms with Gasteiger partial charge in [0.15, 0.2) is 4.90 Å². The maximum absolute atomic E-state index is 14.2. The summed E-state index contributed by atoms with van der Waals surface area (Å²) in [5.74, 6) is -4.58. The minimum Gasteiger partial charge on any atom is -0.480 e. The van der Waals surface area contributed by atoms with Gasteiger partial charge >= 0.3 is 0 Å². The van der Waals surface area contributed by atoms with Crippen LogP contribution in [0.25, 0.3) is 27.9 Å². The Kier molecular flexibility index (Phi) is 6.29. The molecule has 1 aliphatic heterocycles. The van der Waals surface area contributed by atoms with Gasteiger partial charge in [0.05, 0.1) is 30.6 Å². The van der Waals surface area contributed by atoms with Crippen LogP contribution in [0, 0.1) is 17.5 Å². The lowest BCUT2D eigenvalue weighted by molar-refractivity contribution is 0.400. The number of hydrogen-bond donors (Lipinski definition) is 1. The summed E-state index contributed by atoms with van der Waals surface area (Å²) in [5.41, 5.74) is 3.27. The van der Waals surface area contributed by atoms with Gasteiger partial charge in [0.1, 0.15) is 35.0 Å². The van der Waals surface area contributed by atoms with Gasteiger partial charge in [-0.3, -0.25) is 9.71 Å². The minimum atomic E-state index is -4.83. The zero-order valence-corrected chi connectivity index (χ0v) is 19.9. The van der Waals surface area contributed by atoms with Gasteiger partial charge < -0.3 is 4.74 Å². The van der Waals surface area contributed by atoms with Crippen molar-refractivity contribution in [3.05, 3.63) is 72.1 Å². The summed E-state index contributed by atoms with van der Waals surface area (Å²) in [7, 11) is -3.58. The summed E-state index contributed by atoms with van der Waals surface area (Å²) < 4.78 is 74.5. The maximum Gasteiger partial charge on any atom is 0.267 e. The van der Waals surface area contributed by atoms with E-state index in [1.807, 2.05) is 6.08 Å². The van der Waals surface area contributed by atoms with Crippen molar-refractivity contribution in [3.63, 3.8) is 0 Å². The third-order valence-corrected chi connectivity index (χ3v) is 6.90. The molecule has 0 spiro atoms. The Balaban J connectivity index is 1.57. The summed E-state index contributed by atoms with van der Waals surface area (Å²) >= 11 is 0. The van der Waals surface area contributed by atoms with E-state index in [4.69, 9.17) is 4.74 Å². The third kappa shape index (κ3) is 4.72. The van der Waals surface area contributed by atoms with E-state index in [2.05, 4.69) is 29.7 Å². The zero-order valence-electron chi connectivity index (χ0n) is 19.1. The predicted molar refractivity (Wildman–Crippen MR) is 130 cm³/mol. The van der Waals surface area contributed by atoms with E-state index in [9.17, 15) is 21.6 Å². The van der Waals surface area contributed by atoms with Gasteiger partial charge in [0, 0.05) is 36.5 Å². The number of aliphatic imine (C=N–C) groups is 1. The fourth-order valence-electron chi connectivity index (χ4n) is 3.82. The molecule has 0 radical (unpaired) electrons. The summed E-state index contributed by atoms with van der Waals surface area (Å²) in [5, 5.41) is 0. The number of sulfonamides is 1. The van der Waals surface area contributed by atoms with Crippen LogP contribution in [0.3, 0.4) is 0 Å². The summed E-state index contributed by atoms with van der Waals surface area (Å²) in [6, 6.07) is 5.30. The van der Waals surface area contributed by atoms with Gasteiger partial charge in [-0.2, -0.15) is 0 Å². The Morgan fingerprint density at radius 3 is 2.51 bits per heavy atom. The number of halogens is 3. The molecular weight excluding hydrogens is 509 g/mol. The van der Waals surface area contributed by atoms with Crippen molar-refractivity contribution in [1.29, 1.82) is 0 Å². The molecule has 0 amide bonds. The fourth-order valence-corrected chi connectivity index (χ4v) is 4.99. The highest BCUT2D eigenvalue weighted by atomic mass is 32.2. The highest BCUT2D eigenvalue weighted by Crippen LogP contribution is 2.32. The number of dihydropyridines is 1. The number of nitrogens with zero attached hydrogens (tertiary/aromatic N) is 5. The van der Waals surface area contributed by atoms with E-state index < -0.39 is 32.4 Å². The van der Waals surface area contributed by atoms with Gasteiger partial charge in [0.25, 0.3) is 10.0 Å². The summed E-state index contributed by atoms with van der Waals surface area (Å²) in [4.78, 5) is 20.3. The molecule has 1 aliphatic rings. The molecule has 0 saturated carbocycles. The number of benzene rings is 1. The number of fused-ring (bicyclic) bond motifs is 1. The van der Waals surface area contributed by atoms with E-state index in [1.54, 1.807) is 18.3 Å². The van der Waals surface area contributed by atoms with Gasteiger partial charge in [-0.1, -0.05) is 6.08 Å². The molecule has 9 nitrogen and oxygen atoms in total. The highest BCUT2D eigenvalue weighted by molar-refractivity contribution is 7.92. The van der Waals surface area contributed by atoms with Crippen molar-refractivity contribution in [2.24, 2.45) is 4.99 Å². The number of nitrogens with one attached hydrogen (secondary N) is 1. The van der Waals surface area contributed by atoms with Crippen molar-refractivity contribution in [2.45, 2.75) is 11.3 Å². The molecule has 188 valence electrons. The van der Waals surface area contributed by atoms with Crippen LogP contribution >= 0.6 is 0 Å². The Bertz CT molecular complexity index is 1690. The second-order valence-corrected chi connectivity index (χ2v) is 9.47. The van der Waals surface area contributed by atoms with E-state index in [1.165, 1.54) is 25.7 Å². The molecule has 4 aromatic rings. The predicted octanol–water partition coefficient (Wildman–Crippen LogP) is 4.17. The Morgan fingerprint density at radius 1 is 1.03 bits per heavy atom. The quantitative estimate of drug-likeness (QED) is 0.400. The molecule has 0 bridgehead atoms. The minimum absolute atomic E-state index is 0.160. The standard InChI is InChI=1S/C24H17F3N6O3S/c1-36-24-20(33-37(34,35)23-16(26)9-15(25)10-17(23)27)8-14(11-29-24)18-2-3-19-22(32-18)21(31-12-30-19)13-4-6-28-7-5-13/h2-4,7-12,33H,5-6H2,1H3. The van der Waals surface area contributed by atoms with Crippen LogP contribution in [0.2, 0.25) is 0 Å². The molecule has 3 aromatic heterocycles. The molecule has 0 fully saturated rings. The molecule has 13 heteroatoms. The Labute approximate surface area is 208 Å². The first-order valence-electron chi connectivity index (χ1n) is 10.8. The molecule has 37 heavy (non-hydrogen) atoms. The average molecular weight is 527 g/mol. The van der Waals surface area contributed by atoms with Crippen molar-refractivity contribution in [2.75, 3.05) is 18.4 Å². The number of rotatable bonds is 6. The van der Waals surface area contributed by atoms with E-state index >= 15 is 0 Å². The van der Waals surface area contributed by atoms with Crippen molar-refractivity contribution >= 4 is 38.5 Å². The van der Waals surface area contributed by atoms with E-state index in [0.29, 0.717) is 41.0 Å². The number of pyridine rings is 2. The van der Waals surface area contributed by atoms with Crippen LogP contribution in [0.5, 0.6) is 5.88 Å². The lowest BCUT2D eigenvalue weighted by Gasteiger charge is -2.14. The van der Waals surface area contributed by atoms with Crippen molar-refractivity contribution < 1.29 is 26.3 Å². The van der Waals surface area contributed by atoms with Crippen LogP contribution in [-0.4, -0.2) is 48.2 Å². The Hall–Kier alpha value is -4.39. The first kappa shape index (κ1) is 24.3. The van der Waals surface area contributed by atoms with E-state index in [-0.39, 0.29) is 23.7 Å². The van der Waals surface area contributed by atoms with Crippen LogP contribution in [0.1, 0.15) is 12.1 Å². The zero-order chi connectivity index (χ0) is 26.2. The summed E-state index contributed by atoms with van der Waals surface area (Å²) in [6.07, 6.45) is 7.18. The van der Waals surface area contributed by atoms with Crippen LogP contribution in [0.4, 0.5) is 18.9 Å². The second kappa shape index (κ2) is 9.58. The fraction of sp³-hybridized carbons (Fsp3) is 0.125. The van der Waals surface area contributed by atoms with Crippen molar-refractivity contribution in [3.8, 4) is 17.1 Å². The molecular formula is C24H17F3N6O3S. The number of hydrogen-bond acceptors (Lipinski definition) is 8. The molecule has 4 heterocycles. The van der Waals surface area contributed by atoms with Crippen molar-refractivity contribution in [1.82, 2.24) is 19.9 Å². The van der Waals surface area contributed by atoms with Gasteiger partial charge in [-0.15, -0.1) is 0 Å². The topological polar surface area (TPSA) is 119 Å². The number of allylic oxidation sites excluding steroid dienone is 1. The molecule has 0 saturated heterocycles. The molecule has 0 atom stereocenters. The van der Waals surface area contributed by atoms with Gasteiger partial charge in [-0.25, -0.2) is 41.5 Å². The number of aromatic nitrogens is 4. The first-order valence-corrected chi connectivity index (χ1v) is 12.3. The van der Waals surface area contributed by atoms with Crippen LogP contribution in [0.15, 0.2) is 58.8 Å².